The molecule has 24 heavy (non-hydrogen) atoms. The summed E-state index contributed by atoms with van der Waals surface area (Å²) < 4.78 is 0. The van der Waals surface area contributed by atoms with Gasteiger partial charge in [-0.05, 0) is 45.1 Å². The topological polar surface area (TPSA) is 56.7 Å². The molecule has 1 aromatic rings. The molecule has 1 aliphatic carbocycles. The highest BCUT2D eigenvalue weighted by molar-refractivity contribution is 14.0. The van der Waals surface area contributed by atoms with E-state index >= 15 is 0 Å². The van der Waals surface area contributed by atoms with Crippen LogP contribution in [0, 0.1) is 0 Å². The van der Waals surface area contributed by atoms with Gasteiger partial charge in [0.25, 0.3) is 0 Å². The fourth-order valence-electron chi connectivity index (χ4n) is 3.07. The number of aryl methyl sites for hydroxylation is 1. The summed E-state index contributed by atoms with van der Waals surface area (Å²) in [7, 11) is 0. The number of hydrogen-bond acceptors (Lipinski definition) is 2. The lowest BCUT2D eigenvalue weighted by atomic mass is 10.0. The molecule has 0 bridgehead atoms. The molecule has 0 amide bonds. The summed E-state index contributed by atoms with van der Waals surface area (Å²) in [5.74, 6) is 0.813. The second kappa shape index (κ2) is 10.9. The Bertz CT molecular complexity index is 487. The molecule has 1 saturated carbocycles. The third-order valence-corrected chi connectivity index (χ3v) is 4.50. The van der Waals surface area contributed by atoms with Gasteiger partial charge < -0.3 is 15.7 Å². The van der Waals surface area contributed by atoms with E-state index in [1.54, 1.807) is 0 Å². The number of benzene rings is 1. The van der Waals surface area contributed by atoms with E-state index in [0.717, 1.165) is 51.0 Å². The Labute approximate surface area is 163 Å². The number of guanidine groups is 1. The Balaban J connectivity index is 0.00000288. The van der Waals surface area contributed by atoms with Crippen molar-refractivity contribution in [2.75, 3.05) is 13.1 Å². The van der Waals surface area contributed by atoms with Crippen LogP contribution >= 0.6 is 24.0 Å². The van der Waals surface area contributed by atoms with E-state index in [4.69, 9.17) is 0 Å². The highest BCUT2D eigenvalue weighted by Crippen LogP contribution is 2.29. The molecule has 0 aliphatic heterocycles. The van der Waals surface area contributed by atoms with Crippen molar-refractivity contribution in [2.24, 2.45) is 4.99 Å². The molecule has 0 aromatic heterocycles. The molecule has 1 unspecified atom stereocenters. The summed E-state index contributed by atoms with van der Waals surface area (Å²) in [6.45, 7) is 5.57. The first-order valence-electron chi connectivity index (χ1n) is 8.92. The molecule has 0 radical (unpaired) electrons. The van der Waals surface area contributed by atoms with Gasteiger partial charge in [-0.25, -0.2) is 0 Å². The van der Waals surface area contributed by atoms with Gasteiger partial charge in [0.1, 0.15) is 0 Å². The van der Waals surface area contributed by atoms with E-state index < -0.39 is 5.60 Å². The summed E-state index contributed by atoms with van der Waals surface area (Å²) in [6, 6.07) is 10.9. The van der Waals surface area contributed by atoms with Gasteiger partial charge in [0.2, 0.25) is 0 Å². The second-order valence-corrected chi connectivity index (χ2v) is 6.70. The standard InChI is InChI=1S/C19H31N3O.HI/c1-3-20-18(21-15-19(23)13-7-8-14-19)22-16(2)11-12-17-9-5-4-6-10-17;/h4-6,9-10,16,23H,3,7-8,11-15H2,1-2H3,(H2,20,21,22);1H. The second-order valence-electron chi connectivity index (χ2n) is 6.70. The van der Waals surface area contributed by atoms with Crippen LogP contribution in [-0.4, -0.2) is 35.8 Å². The van der Waals surface area contributed by atoms with Gasteiger partial charge in [-0.3, -0.25) is 4.99 Å². The van der Waals surface area contributed by atoms with Gasteiger partial charge >= 0.3 is 0 Å². The van der Waals surface area contributed by atoms with Gasteiger partial charge in [-0.2, -0.15) is 0 Å². The fraction of sp³-hybridized carbons (Fsp3) is 0.632. The van der Waals surface area contributed by atoms with Gasteiger partial charge in [0.05, 0.1) is 12.1 Å². The van der Waals surface area contributed by atoms with Crippen LogP contribution < -0.4 is 10.6 Å². The van der Waals surface area contributed by atoms with Crippen LogP contribution in [0.5, 0.6) is 0 Å². The summed E-state index contributed by atoms with van der Waals surface area (Å²) >= 11 is 0. The van der Waals surface area contributed by atoms with Crippen LogP contribution in [0.3, 0.4) is 0 Å². The summed E-state index contributed by atoms with van der Waals surface area (Å²) in [5.41, 5.74) is 0.777. The Morgan fingerprint density at radius 1 is 1.25 bits per heavy atom. The zero-order chi connectivity index (χ0) is 16.5. The molecule has 1 atom stereocenters. The molecular formula is C19H32IN3O. The quantitative estimate of drug-likeness (QED) is 0.342. The number of nitrogens with zero attached hydrogens (tertiary/aromatic N) is 1. The zero-order valence-electron chi connectivity index (χ0n) is 14.9. The molecule has 0 heterocycles. The highest BCUT2D eigenvalue weighted by Gasteiger charge is 2.30. The van der Waals surface area contributed by atoms with Gasteiger partial charge in [-0.15, -0.1) is 24.0 Å². The van der Waals surface area contributed by atoms with Crippen molar-refractivity contribution < 1.29 is 5.11 Å². The summed E-state index contributed by atoms with van der Waals surface area (Å²) in [6.07, 6.45) is 6.09. The Hall–Kier alpha value is -0.820. The van der Waals surface area contributed by atoms with Crippen molar-refractivity contribution in [1.82, 2.24) is 10.6 Å². The minimum Gasteiger partial charge on any atom is -0.388 e. The molecule has 136 valence electrons. The minimum absolute atomic E-state index is 0. The molecule has 0 spiro atoms. The number of aliphatic hydroxyl groups is 1. The van der Waals surface area contributed by atoms with Crippen molar-refractivity contribution in [1.29, 1.82) is 0 Å². The maximum Gasteiger partial charge on any atom is 0.191 e. The van der Waals surface area contributed by atoms with Gasteiger partial charge in [-0.1, -0.05) is 43.2 Å². The van der Waals surface area contributed by atoms with E-state index in [9.17, 15) is 5.11 Å². The Kier molecular flexibility index (Phi) is 9.66. The third kappa shape index (κ3) is 7.38. The van der Waals surface area contributed by atoms with Crippen molar-refractivity contribution in [2.45, 2.75) is 64.0 Å². The fourth-order valence-corrected chi connectivity index (χ4v) is 3.07. The first-order valence-corrected chi connectivity index (χ1v) is 8.92. The lowest BCUT2D eigenvalue weighted by Gasteiger charge is -2.22. The minimum atomic E-state index is -0.588. The summed E-state index contributed by atoms with van der Waals surface area (Å²) in [5, 5.41) is 17.2. The number of rotatable bonds is 7. The highest BCUT2D eigenvalue weighted by atomic mass is 127. The van der Waals surface area contributed by atoms with E-state index in [-0.39, 0.29) is 24.0 Å². The van der Waals surface area contributed by atoms with Crippen LogP contribution in [-0.2, 0) is 6.42 Å². The predicted octanol–water partition coefficient (Wildman–Crippen LogP) is 3.49. The SMILES string of the molecule is CCNC(=NCC1(O)CCCC1)NC(C)CCc1ccccc1.I. The van der Waals surface area contributed by atoms with E-state index in [0.29, 0.717) is 12.6 Å². The molecule has 1 fully saturated rings. The third-order valence-electron chi connectivity index (χ3n) is 4.50. The monoisotopic (exact) mass is 445 g/mol. The van der Waals surface area contributed by atoms with E-state index in [1.165, 1.54) is 5.56 Å². The lowest BCUT2D eigenvalue weighted by Crippen LogP contribution is -2.43. The van der Waals surface area contributed by atoms with Gasteiger partial charge in [0, 0.05) is 12.6 Å². The van der Waals surface area contributed by atoms with Crippen LogP contribution in [0.4, 0.5) is 0 Å². The largest absolute Gasteiger partial charge is 0.388 e. The molecule has 5 heteroatoms. The van der Waals surface area contributed by atoms with E-state index in [1.807, 2.05) is 0 Å². The van der Waals surface area contributed by atoms with Crippen LogP contribution in [0.2, 0.25) is 0 Å². The maximum atomic E-state index is 10.4. The average Bonchev–Trinajstić information content (AvgIpc) is 2.99. The number of nitrogens with one attached hydrogen (secondary N) is 2. The molecule has 1 aromatic carbocycles. The lowest BCUT2D eigenvalue weighted by molar-refractivity contribution is 0.0574. The molecule has 1 aliphatic rings. The number of hydrogen-bond donors (Lipinski definition) is 3. The number of aliphatic imine (C=N–C) groups is 1. The first-order chi connectivity index (χ1) is 11.1. The van der Waals surface area contributed by atoms with Crippen molar-refractivity contribution in [3.05, 3.63) is 35.9 Å². The molecule has 0 saturated heterocycles. The molecule has 4 nitrogen and oxygen atoms in total. The Morgan fingerprint density at radius 3 is 2.54 bits per heavy atom. The maximum absolute atomic E-state index is 10.4. The number of halogens is 1. The molecule has 2 rings (SSSR count). The van der Waals surface area contributed by atoms with Crippen molar-refractivity contribution in [3.8, 4) is 0 Å². The van der Waals surface area contributed by atoms with Crippen LogP contribution in [0.1, 0.15) is 51.5 Å². The van der Waals surface area contributed by atoms with Crippen molar-refractivity contribution >= 4 is 29.9 Å². The van der Waals surface area contributed by atoms with Gasteiger partial charge in [0.15, 0.2) is 5.96 Å². The predicted molar refractivity (Wildman–Crippen MR) is 112 cm³/mol. The normalized spacial score (nSPS) is 17.9. The van der Waals surface area contributed by atoms with Crippen LogP contribution in [0.15, 0.2) is 35.3 Å². The van der Waals surface area contributed by atoms with Crippen molar-refractivity contribution in [3.63, 3.8) is 0 Å². The summed E-state index contributed by atoms with van der Waals surface area (Å²) in [4.78, 5) is 4.61. The zero-order valence-corrected chi connectivity index (χ0v) is 17.3. The molecular weight excluding hydrogens is 413 g/mol. The first kappa shape index (κ1) is 21.2. The smallest absolute Gasteiger partial charge is 0.191 e. The van der Waals surface area contributed by atoms with E-state index in [2.05, 4.69) is 59.8 Å². The average molecular weight is 445 g/mol. The Morgan fingerprint density at radius 2 is 1.92 bits per heavy atom. The van der Waals surface area contributed by atoms with Crippen LogP contribution in [0.25, 0.3) is 0 Å². The molecule has 3 N–H and O–H groups in total.